The van der Waals surface area contributed by atoms with Gasteiger partial charge in [0.15, 0.2) is 5.13 Å². The van der Waals surface area contributed by atoms with Crippen LogP contribution >= 0.6 is 27.3 Å². The number of benzene rings is 1. The number of halogens is 1. The molecule has 2 bridgehead atoms. The van der Waals surface area contributed by atoms with Crippen molar-refractivity contribution in [2.24, 2.45) is 11.8 Å². The molecule has 2 saturated heterocycles. The Hall–Kier alpha value is -1.77. The number of anilines is 1. The Morgan fingerprint density at radius 3 is 2.56 bits per heavy atom. The van der Waals surface area contributed by atoms with Crippen LogP contribution in [0.4, 0.5) is 5.13 Å². The summed E-state index contributed by atoms with van der Waals surface area (Å²) in [6, 6.07) is 7.73. The third-order valence-corrected chi connectivity index (χ3v) is 6.02. The molecule has 8 heteroatoms. The van der Waals surface area contributed by atoms with E-state index in [0.717, 1.165) is 22.2 Å². The number of ether oxygens (including phenoxy) is 1. The molecule has 0 unspecified atom stereocenters. The van der Waals surface area contributed by atoms with Crippen molar-refractivity contribution in [3.8, 4) is 11.3 Å². The summed E-state index contributed by atoms with van der Waals surface area (Å²) in [6.45, 7) is 0. The van der Waals surface area contributed by atoms with E-state index >= 15 is 0 Å². The summed E-state index contributed by atoms with van der Waals surface area (Å²) < 4.78 is 6.62. The highest BCUT2D eigenvalue weighted by Crippen LogP contribution is 2.44. The molecule has 25 heavy (non-hydrogen) atoms. The Morgan fingerprint density at radius 1 is 1.20 bits per heavy atom. The molecule has 1 aromatic heterocycles. The standard InChI is InChI=1S/C17H15BrN2O4S/c18-9-3-1-8(2-4-9)10-7-25-17(19-10)20-15(21)13-11-5-6-12(24-11)14(13)16(22)23/h1-4,7,11-14H,5-6H2,(H,22,23)(H,19,20,21)/t11-,12+,13+,14-/m1/s1. The fourth-order valence-electron chi connectivity index (χ4n) is 3.60. The molecule has 2 aliphatic rings. The molecule has 2 N–H and O–H groups in total. The van der Waals surface area contributed by atoms with Gasteiger partial charge in [-0.05, 0) is 25.0 Å². The van der Waals surface area contributed by atoms with Crippen LogP contribution in [0, 0.1) is 11.8 Å². The molecule has 2 aliphatic heterocycles. The van der Waals surface area contributed by atoms with Gasteiger partial charge >= 0.3 is 5.97 Å². The van der Waals surface area contributed by atoms with Crippen LogP contribution in [0.25, 0.3) is 11.3 Å². The average Bonchev–Trinajstić information content (AvgIpc) is 3.30. The molecule has 0 radical (unpaired) electrons. The SMILES string of the molecule is O=C(Nc1nc(-c2ccc(Br)cc2)cs1)[C@@H]1[C@H](C(=O)O)[C@@H]2CC[C@H]1O2. The predicted molar refractivity (Wildman–Crippen MR) is 96.4 cm³/mol. The topological polar surface area (TPSA) is 88.5 Å². The lowest BCUT2D eigenvalue weighted by Crippen LogP contribution is -2.40. The maximum absolute atomic E-state index is 12.6. The maximum atomic E-state index is 12.6. The summed E-state index contributed by atoms with van der Waals surface area (Å²) in [6.07, 6.45) is 0.773. The number of carboxylic acids is 1. The Morgan fingerprint density at radius 2 is 1.88 bits per heavy atom. The zero-order chi connectivity index (χ0) is 17.6. The molecule has 4 rings (SSSR count). The molecule has 1 amide bonds. The number of hydrogen-bond donors (Lipinski definition) is 2. The molecule has 1 aromatic carbocycles. The lowest BCUT2D eigenvalue weighted by atomic mass is 9.79. The highest BCUT2D eigenvalue weighted by Gasteiger charge is 2.55. The van der Waals surface area contributed by atoms with Crippen molar-refractivity contribution >= 4 is 44.3 Å². The summed E-state index contributed by atoms with van der Waals surface area (Å²) in [5.74, 6) is -2.72. The first-order valence-electron chi connectivity index (χ1n) is 7.93. The van der Waals surface area contributed by atoms with E-state index < -0.39 is 17.8 Å². The minimum atomic E-state index is -0.970. The molecule has 4 atom stereocenters. The largest absolute Gasteiger partial charge is 0.481 e. The lowest BCUT2D eigenvalue weighted by molar-refractivity contribution is -0.147. The molecule has 3 heterocycles. The number of carboxylic acid groups (broad SMARTS) is 1. The predicted octanol–water partition coefficient (Wildman–Crippen LogP) is 3.39. The number of carbonyl (C=O) groups is 2. The number of fused-ring (bicyclic) bond motifs is 2. The number of rotatable bonds is 4. The number of aliphatic carboxylic acids is 1. The van der Waals surface area contributed by atoms with Gasteiger partial charge in [0.1, 0.15) is 0 Å². The molecule has 6 nitrogen and oxygen atoms in total. The fourth-order valence-corrected chi connectivity index (χ4v) is 4.58. The third-order valence-electron chi connectivity index (χ3n) is 4.74. The number of carbonyl (C=O) groups excluding carboxylic acids is 1. The highest BCUT2D eigenvalue weighted by atomic mass is 79.9. The van der Waals surface area contributed by atoms with Crippen molar-refractivity contribution in [1.82, 2.24) is 4.98 Å². The Kier molecular flexibility index (Phi) is 4.35. The third kappa shape index (κ3) is 3.09. The van der Waals surface area contributed by atoms with Crippen LogP contribution in [0.5, 0.6) is 0 Å². The van der Waals surface area contributed by atoms with E-state index in [1.165, 1.54) is 11.3 Å². The number of aromatic nitrogens is 1. The number of nitrogens with zero attached hydrogens (tertiary/aromatic N) is 1. The summed E-state index contributed by atoms with van der Waals surface area (Å²) in [4.78, 5) is 28.6. The lowest BCUT2D eigenvalue weighted by Gasteiger charge is -2.23. The van der Waals surface area contributed by atoms with Crippen molar-refractivity contribution in [2.45, 2.75) is 25.0 Å². The Balaban J connectivity index is 1.50. The second-order valence-corrected chi connectivity index (χ2v) is 7.99. The minimum absolute atomic E-state index is 0.308. The molecular formula is C17H15BrN2O4S. The van der Waals surface area contributed by atoms with Gasteiger partial charge in [-0.1, -0.05) is 28.1 Å². The van der Waals surface area contributed by atoms with Crippen LogP contribution in [-0.2, 0) is 14.3 Å². The number of hydrogen-bond acceptors (Lipinski definition) is 5. The van der Waals surface area contributed by atoms with E-state index in [1.807, 2.05) is 29.6 Å². The van der Waals surface area contributed by atoms with E-state index in [0.29, 0.717) is 11.6 Å². The molecule has 0 spiro atoms. The Labute approximate surface area is 156 Å². The second-order valence-electron chi connectivity index (χ2n) is 6.21. The van der Waals surface area contributed by atoms with Crippen molar-refractivity contribution in [1.29, 1.82) is 0 Å². The first-order chi connectivity index (χ1) is 12.0. The second kappa shape index (κ2) is 6.51. The monoisotopic (exact) mass is 422 g/mol. The molecule has 0 aliphatic carbocycles. The van der Waals surface area contributed by atoms with Gasteiger partial charge in [0.2, 0.25) is 5.91 Å². The van der Waals surface area contributed by atoms with Crippen LogP contribution in [0.1, 0.15) is 12.8 Å². The van der Waals surface area contributed by atoms with E-state index in [9.17, 15) is 14.7 Å². The molecule has 2 aromatic rings. The Bertz CT molecular complexity index is 822. The summed E-state index contributed by atoms with van der Waals surface area (Å²) in [7, 11) is 0. The number of nitrogens with one attached hydrogen (secondary N) is 1. The molecule has 0 saturated carbocycles. The fraction of sp³-hybridized carbons (Fsp3) is 0.353. The number of thiazole rings is 1. The normalized spacial score (nSPS) is 27.4. The first kappa shape index (κ1) is 16.7. The highest BCUT2D eigenvalue weighted by molar-refractivity contribution is 9.10. The summed E-state index contributed by atoms with van der Waals surface area (Å²) in [5, 5.41) is 14.5. The minimum Gasteiger partial charge on any atom is -0.481 e. The maximum Gasteiger partial charge on any atom is 0.310 e. The van der Waals surface area contributed by atoms with Gasteiger partial charge in [-0.2, -0.15) is 0 Å². The number of amides is 1. The van der Waals surface area contributed by atoms with E-state index in [-0.39, 0.29) is 18.1 Å². The zero-order valence-corrected chi connectivity index (χ0v) is 15.4. The van der Waals surface area contributed by atoms with Crippen LogP contribution in [0.3, 0.4) is 0 Å². The van der Waals surface area contributed by atoms with E-state index in [1.54, 1.807) is 0 Å². The first-order valence-corrected chi connectivity index (χ1v) is 9.61. The van der Waals surface area contributed by atoms with Crippen LogP contribution in [0.15, 0.2) is 34.1 Å². The van der Waals surface area contributed by atoms with E-state index in [4.69, 9.17) is 4.74 Å². The van der Waals surface area contributed by atoms with Gasteiger partial charge in [0.25, 0.3) is 0 Å². The van der Waals surface area contributed by atoms with Crippen LogP contribution < -0.4 is 5.32 Å². The van der Waals surface area contributed by atoms with Gasteiger partial charge in [0.05, 0.1) is 29.7 Å². The quantitative estimate of drug-likeness (QED) is 0.787. The molecular weight excluding hydrogens is 408 g/mol. The molecule has 2 fully saturated rings. The zero-order valence-electron chi connectivity index (χ0n) is 13.0. The van der Waals surface area contributed by atoms with Gasteiger partial charge in [-0.3, -0.25) is 9.59 Å². The van der Waals surface area contributed by atoms with Gasteiger partial charge < -0.3 is 15.2 Å². The summed E-state index contributed by atoms with van der Waals surface area (Å²) in [5.41, 5.74) is 1.72. The van der Waals surface area contributed by atoms with Crippen LogP contribution in [-0.4, -0.2) is 34.2 Å². The van der Waals surface area contributed by atoms with E-state index in [2.05, 4.69) is 26.2 Å². The molecule has 130 valence electrons. The van der Waals surface area contributed by atoms with Gasteiger partial charge in [0, 0.05) is 15.4 Å². The van der Waals surface area contributed by atoms with Gasteiger partial charge in [-0.25, -0.2) is 4.98 Å². The van der Waals surface area contributed by atoms with Crippen molar-refractivity contribution < 1.29 is 19.4 Å². The van der Waals surface area contributed by atoms with Crippen molar-refractivity contribution in [3.05, 3.63) is 34.1 Å². The van der Waals surface area contributed by atoms with Crippen molar-refractivity contribution in [2.75, 3.05) is 5.32 Å². The smallest absolute Gasteiger partial charge is 0.310 e. The van der Waals surface area contributed by atoms with Gasteiger partial charge in [-0.15, -0.1) is 11.3 Å². The average molecular weight is 423 g/mol. The summed E-state index contributed by atoms with van der Waals surface area (Å²) >= 11 is 4.71. The van der Waals surface area contributed by atoms with Crippen molar-refractivity contribution in [3.63, 3.8) is 0 Å². The van der Waals surface area contributed by atoms with Crippen LogP contribution in [0.2, 0.25) is 0 Å².